The molecule has 0 radical (unpaired) electrons. The Hall–Kier alpha value is -2.49. The zero-order chi connectivity index (χ0) is 13.0. The lowest BCUT2D eigenvalue weighted by atomic mass is 10.1. The fraction of sp³-hybridized carbons (Fsp3) is 0. The van der Waals surface area contributed by atoms with Crippen LogP contribution in [-0.4, -0.2) is 15.9 Å². The van der Waals surface area contributed by atoms with Gasteiger partial charge in [-0.2, -0.15) is 0 Å². The van der Waals surface area contributed by atoms with Gasteiger partial charge < -0.3 is 5.11 Å². The number of halogens is 1. The Morgan fingerprint density at radius 2 is 2.11 bits per heavy atom. The molecule has 1 N–H and O–H groups in total. The number of carbonyl (C=O) groups is 1. The number of aromatic nitrogens is 1. The van der Waals surface area contributed by atoms with Crippen LogP contribution in [0.2, 0.25) is 0 Å². The van der Waals surface area contributed by atoms with Crippen molar-refractivity contribution in [3.05, 3.63) is 65.7 Å². The molecule has 4 heteroatoms. The summed E-state index contributed by atoms with van der Waals surface area (Å²) in [6.07, 6.45) is 4.36. The normalized spacial score (nSPS) is 10.7. The number of phenols is 1. The van der Waals surface area contributed by atoms with Crippen molar-refractivity contribution >= 4 is 11.9 Å². The van der Waals surface area contributed by atoms with Gasteiger partial charge in [-0.1, -0.05) is 6.07 Å². The molecule has 2 aromatic rings. The van der Waals surface area contributed by atoms with Crippen molar-refractivity contribution in [2.45, 2.75) is 0 Å². The third-order valence-corrected chi connectivity index (χ3v) is 2.31. The van der Waals surface area contributed by atoms with Crippen molar-refractivity contribution in [1.29, 1.82) is 0 Å². The van der Waals surface area contributed by atoms with Crippen LogP contribution >= 0.6 is 0 Å². The number of carbonyl (C=O) groups excluding carboxylic acids is 1. The predicted octanol–water partition coefficient (Wildman–Crippen LogP) is 2.82. The summed E-state index contributed by atoms with van der Waals surface area (Å²) in [4.78, 5) is 15.7. The fourth-order valence-electron chi connectivity index (χ4n) is 1.43. The van der Waals surface area contributed by atoms with E-state index < -0.39 is 11.6 Å². The molecule has 0 spiro atoms. The highest BCUT2D eigenvalue weighted by Gasteiger charge is 2.09. The van der Waals surface area contributed by atoms with Crippen molar-refractivity contribution in [1.82, 2.24) is 4.98 Å². The highest BCUT2D eigenvalue weighted by molar-refractivity contribution is 6.06. The second-order valence-electron chi connectivity index (χ2n) is 3.62. The topological polar surface area (TPSA) is 50.2 Å². The van der Waals surface area contributed by atoms with E-state index in [0.717, 1.165) is 6.07 Å². The maximum Gasteiger partial charge on any atom is 0.188 e. The van der Waals surface area contributed by atoms with Gasteiger partial charge in [-0.05, 0) is 36.4 Å². The first-order chi connectivity index (χ1) is 8.66. The molecule has 2 rings (SSSR count). The molecule has 0 amide bonds. The highest BCUT2D eigenvalue weighted by atomic mass is 19.1. The van der Waals surface area contributed by atoms with Crippen LogP contribution in [0.1, 0.15) is 16.1 Å². The average Bonchev–Trinajstić information content (AvgIpc) is 2.37. The highest BCUT2D eigenvalue weighted by Crippen LogP contribution is 2.16. The van der Waals surface area contributed by atoms with Gasteiger partial charge in [0.15, 0.2) is 5.78 Å². The molecule has 90 valence electrons. The monoisotopic (exact) mass is 243 g/mol. The Morgan fingerprint density at radius 1 is 1.28 bits per heavy atom. The molecule has 0 aliphatic rings. The zero-order valence-corrected chi connectivity index (χ0v) is 9.38. The third-order valence-electron chi connectivity index (χ3n) is 2.31. The second-order valence-corrected chi connectivity index (χ2v) is 3.62. The SMILES string of the molecule is O=C(/C=C/c1ccccn1)c1ccc(O)cc1F. The summed E-state index contributed by atoms with van der Waals surface area (Å²) in [5, 5.41) is 9.05. The molecule has 0 fully saturated rings. The third kappa shape index (κ3) is 2.79. The quantitative estimate of drug-likeness (QED) is 0.666. The van der Waals surface area contributed by atoms with Crippen LogP contribution in [-0.2, 0) is 0 Å². The molecule has 0 unspecified atom stereocenters. The van der Waals surface area contributed by atoms with E-state index in [0.29, 0.717) is 5.69 Å². The molecular weight excluding hydrogens is 233 g/mol. The van der Waals surface area contributed by atoms with E-state index in [1.807, 2.05) is 0 Å². The second kappa shape index (κ2) is 5.23. The largest absolute Gasteiger partial charge is 0.508 e. The number of aromatic hydroxyl groups is 1. The molecule has 0 bridgehead atoms. The minimum absolute atomic E-state index is 0.0834. The molecule has 1 aromatic heterocycles. The Morgan fingerprint density at radius 3 is 2.78 bits per heavy atom. The lowest BCUT2D eigenvalue weighted by Gasteiger charge is -1.99. The maximum atomic E-state index is 13.4. The van der Waals surface area contributed by atoms with E-state index in [1.165, 1.54) is 24.3 Å². The first kappa shape index (κ1) is 12.0. The molecule has 0 aliphatic carbocycles. The van der Waals surface area contributed by atoms with Gasteiger partial charge in [-0.25, -0.2) is 4.39 Å². The number of ketones is 1. The van der Waals surface area contributed by atoms with Crippen LogP contribution in [0.3, 0.4) is 0 Å². The number of hydrogen-bond acceptors (Lipinski definition) is 3. The number of nitrogens with zero attached hydrogens (tertiary/aromatic N) is 1. The van der Waals surface area contributed by atoms with E-state index in [1.54, 1.807) is 24.4 Å². The molecule has 18 heavy (non-hydrogen) atoms. The van der Waals surface area contributed by atoms with Gasteiger partial charge in [0, 0.05) is 12.3 Å². The minimum Gasteiger partial charge on any atom is -0.508 e. The summed E-state index contributed by atoms with van der Waals surface area (Å²) in [6, 6.07) is 8.70. The summed E-state index contributed by atoms with van der Waals surface area (Å²) in [5.74, 6) is -1.43. The molecule has 0 aliphatic heterocycles. The zero-order valence-electron chi connectivity index (χ0n) is 9.38. The Balaban J connectivity index is 2.20. The molecule has 0 saturated heterocycles. The van der Waals surface area contributed by atoms with Crippen LogP contribution in [0.15, 0.2) is 48.7 Å². The van der Waals surface area contributed by atoms with E-state index in [4.69, 9.17) is 5.11 Å². The summed E-state index contributed by atoms with van der Waals surface area (Å²) in [5.41, 5.74) is 0.532. The van der Waals surface area contributed by atoms with Crippen molar-refractivity contribution in [3.8, 4) is 5.75 Å². The summed E-state index contributed by atoms with van der Waals surface area (Å²) >= 11 is 0. The van der Waals surface area contributed by atoms with Crippen LogP contribution in [0.4, 0.5) is 4.39 Å². The number of phenolic OH excluding ortho intramolecular Hbond substituents is 1. The molecule has 0 atom stereocenters. The van der Waals surface area contributed by atoms with Crippen LogP contribution in [0, 0.1) is 5.82 Å². The number of hydrogen-bond donors (Lipinski definition) is 1. The summed E-state index contributed by atoms with van der Waals surface area (Å²) < 4.78 is 13.4. The van der Waals surface area contributed by atoms with Crippen LogP contribution < -0.4 is 0 Å². The van der Waals surface area contributed by atoms with E-state index in [-0.39, 0.29) is 11.3 Å². The molecule has 1 heterocycles. The standard InChI is InChI=1S/C14H10FNO2/c15-13-9-11(17)5-6-12(13)14(18)7-4-10-3-1-2-8-16-10/h1-9,17H/b7-4+. The summed E-state index contributed by atoms with van der Waals surface area (Å²) in [6.45, 7) is 0. The maximum absolute atomic E-state index is 13.4. The number of rotatable bonds is 3. The molecule has 1 aromatic carbocycles. The number of benzene rings is 1. The lowest BCUT2D eigenvalue weighted by molar-refractivity contribution is 0.104. The predicted molar refractivity (Wildman–Crippen MR) is 65.7 cm³/mol. The van der Waals surface area contributed by atoms with E-state index in [9.17, 15) is 9.18 Å². The minimum atomic E-state index is -0.745. The van der Waals surface area contributed by atoms with Crippen molar-refractivity contribution in [2.24, 2.45) is 0 Å². The van der Waals surface area contributed by atoms with Gasteiger partial charge in [0.25, 0.3) is 0 Å². The molecule has 0 saturated carbocycles. The van der Waals surface area contributed by atoms with Gasteiger partial charge in [0.1, 0.15) is 11.6 Å². The Labute approximate surface area is 103 Å². The first-order valence-electron chi connectivity index (χ1n) is 5.29. The fourth-order valence-corrected chi connectivity index (χ4v) is 1.43. The number of allylic oxidation sites excluding steroid dienone is 1. The van der Waals surface area contributed by atoms with Gasteiger partial charge >= 0.3 is 0 Å². The smallest absolute Gasteiger partial charge is 0.188 e. The van der Waals surface area contributed by atoms with Gasteiger partial charge in [-0.3, -0.25) is 9.78 Å². The van der Waals surface area contributed by atoms with Gasteiger partial charge in [-0.15, -0.1) is 0 Å². The Bertz CT molecular complexity index is 594. The first-order valence-corrected chi connectivity index (χ1v) is 5.29. The van der Waals surface area contributed by atoms with Crippen molar-refractivity contribution in [2.75, 3.05) is 0 Å². The van der Waals surface area contributed by atoms with Crippen molar-refractivity contribution < 1.29 is 14.3 Å². The van der Waals surface area contributed by atoms with Gasteiger partial charge in [0.05, 0.1) is 11.3 Å². The summed E-state index contributed by atoms with van der Waals surface area (Å²) in [7, 11) is 0. The molecule has 3 nitrogen and oxygen atoms in total. The average molecular weight is 243 g/mol. The van der Waals surface area contributed by atoms with Gasteiger partial charge in [0.2, 0.25) is 0 Å². The van der Waals surface area contributed by atoms with Crippen molar-refractivity contribution in [3.63, 3.8) is 0 Å². The van der Waals surface area contributed by atoms with Crippen LogP contribution in [0.25, 0.3) is 6.08 Å². The van der Waals surface area contributed by atoms with Crippen LogP contribution in [0.5, 0.6) is 5.75 Å². The molecular formula is C14H10FNO2. The van der Waals surface area contributed by atoms with E-state index >= 15 is 0 Å². The number of pyridine rings is 1. The Kier molecular flexibility index (Phi) is 3.48. The van der Waals surface area contributed by atoms with E-state index in [2.05, 4.69) is 4.98 Å². The lowest BCUT2D eigenvalue weighted by Crippen LogP contribution is -1.98.